The Balaban J connectivity index is 1.63. The molecule has 4 amide bonds. The van der Waals surface area contributed by atoms with E-state index in [2.05, 4.69) is 53.3 Å². The number of nitrogens with zero attached hydrogens (tertiary/aromatic N) is 1. The molecule has 1 aliphatic heterocycles. The third-order valence-corrected chi connectivity index (χ3v) is 6.80. The first-order valence-corrected chi connectivity index (χ1v) is 11.9. The Hall–Kier alpha value is -2.93. The molecule has 0 saturated carbocycles. The second-order valence-corrected chi connectivity index (χ2v) is 9.75. The van der Waals surface area contributed by atoms with E-state index in [4.69, 9.17) is 23.2 Å². The Morgan fingerprint density at radius 1 is 0.912 bits per heavy atom. The fourth-order valence-electron chi connectivity index (χ4n) is 3.87. The normalized spacial score (nSPS) is 15.1. The number of imide groups is 2. The molecule has 172 valence electrons. The zero-order valence-electron chi connectivity index (χ0n) is 18.3. The Kier molecular flexibility index (Phi) is 6.94. The van der Waals surface area contributed by atoms with Crippen LogP contribution in [-0.2, 0) is 16.0 Å². The summed E-state index contributed by atoms with van der Waals surface area (Å²) in [4.78, 5) is 38.8. The highest BCUT2D eigenvalue weighted by molar-refractivity contribution is 9.10. The summed E-state index contributed by atoms with van der Waals surface area (Å²) in [5, 5.41) is 2.67. The van der Waals surface area contributed by atoms with Crippen LogP contribution < -0.4 is 10.2 Å². The summed E-state index contributed by atoms with van der Waals surface area (Å²) in [7, 11) is 0. The predicted octanol–water partition coefficient (Wildman–Crippen LogP) is 6.63. The second kappa shape index (κ2) is 9.74. The molecule has 0 radical (unpaired) electrons. The van der Waals surface area contributed by atoms with Gasteiger partial charge in [-0.15, -0.1) is 0 Å². The minimum absolute atomic E-state index is 0.167. The number of anilines is 1. The van der Waals surface area contributed by atoms with Gasteiger partial charge in [-0.3, -0.25) is 14.9 Å². The number of hydrogen-bond acceptors (Lipinski definition) is 3. The van der Waals surface area contributed by atoms with Crippen molar-refractivity contribution in [3.8, 4) is 0 Å². The van der Waals surface area contributed by atoms with Crippen molar-refractivity contribution in [3.05, 3.63) is 103 Å². The average Bonchev–Trinajstić information content (AvgIpc) is 2.74. The molecule has 1 fully saturated rings. The number of amides is 4. The van der Waals surface area contributed by atoms with E-state index in [0.29, 0.717) is 5.56 Å². The lowest BCUT2D eigenvalue weighted by molar-refractivity contribution is -0.122. The van der Waals surface area contributed by atoms with Gasteiger partial charge >= 0.3 is 6.03 Å². The summed E-state index contributed by atoms with van der Waals surface area (Å²) >= 11 is 15.6. The third kappa shape index (κ3) is 5.09. The van der Waals surface area contributed by atoms with Gasteiger partial charge in [0.25, 0.3) is 11.8 Å². The maximum atomic E-state index is 13.1. The predicted molar refractivity (Wildman–Crippen MR) is 138 cm³/mol. The highest BCUT2D eigenvalue weighted by Crippen LogP contribution is 2.30. The van der Waals surface area contributed by atoms with Gasteiger partial charge < -0.3 is 0 Å². The quantitative estimate of drug-likeness (QED) is 0.289. The monoisotopic (exact) mass is 556 g/mol. The first-order valence-electron chi connectivity index (χ1n) is 10.3. The maximum Gasteiger partial charge on any atom is 0.335 e. The first-order chi connectivity index (χ1) is 16.1. The lowest BCUT2D eigenvalue weighted by Gasteiger charge is -2.26. The highest BCUT2D eigenvalue weighted by atomic mass is 79.9. The maximum absolute atomic E-state index is 13.1. The number of urea groups is 1. The molecular formula is C26H19BrCl2N2O3. The van der Waals surface area contributed by atoms with Crippen LogP contribution in [0, 0.1) is 13.8 Å². The van der Waals surface area contributed by atoms with Crippen LogP contribution in [0.1, 0.15) is 27.8 Å². The topological polar surface area (TPSA) is 66.5 Å². The molecule has 1 heterocycles. The molecule has 3 aromatic carbocycles. The van der Waals surface area contributed by atoms with Gasteiger partial charge in [0, 0.05) is 4.47 Å². The lowest BCUT2D eigenvalue weighted by Crippen LogP contribution is -2.54. The van der Waals surface area contributed by atoms with Gasteiger partial charge in [-0.05, 0) is 67.3 Å². The second-order valence-electron chi connectivity index (χ2n) is 8.08. The number of halogens is 3. The van der Waals surface area contributed by atoms with Crippen LogP contribution in [0.4, 0.5) is 10.5 Å². The van der Waals surface area contributed by atoms with Gasteiger partial charge in [0.05, 0.1) is 15.7 Å². The Labute approximate surface area is 215 Å². The van der Waals surface area contributed by atoms with Crippen molar-refractivity contribution in [1.82, 2.24) is 5.32 Å². The molecule has 1 N–H and O–H groups in total. The van der Waals surface area contributed by atoms with Crippen LogP contribution in [0.2, 0.25) is 10.0 Å². The number of carbonyl (C=O) groups excluding carboxylic acids is 3. The van der Waals surface area contributed by atoms with Crippen molar-refractivity contribution >= 4 is 68.7 Å². The number of aryl methyl sites for hydroxylation is 2. The SMILES string of the molecule is Cc1cc(C)cc(Cc2ccc(/C=C3\C(=O)NC(=O)N(c4ccc(Cl)c(Cl)c4)C3=O)cc2Br)c1. The van der Waals surface area contributed by atoms with E-state index in [0.717, 1.165) is 21.4 Å². The van der Waals surface area contributed by atoms with Crippen molar-refractivity contribution < 1.29 is 14.4 Å². The molecule has 1 saturated heterocycles. The van der Waals surface area contributed by atoms with Gasteiger partial charge in [0.1, 0.15) is 5.57 Å². The molecule has 8 heteroatoms. The summed E-state index contributed by atoms with van der Waals surface area (Å²) in [6.45, 7) is 4.14. The molecule has 1 aliphatic rings. The number of hydrogen-bond donors (Lipinski definition) is 1. The lowest BCUT2D eigenvalue weighted by atomic mass is 9.99. The molecule has 5 nitrogen and oxygen atoms in total. The van der Waals surface area contributed by atoms with E-state index in [9.17, 15) is 14.4 Å². The summed E-state index contributed by atoms with van der Waals surface area (Å²) in [5.74, 6) is -1.51. The standard InChI is InChI=1S/C26H19BrCl2N2O3/c1-14-7-15(2)9-17(8-14)10-18-4-3-16(12-21(18)27)11-20-24(32)30-26(34)31(25(20)33)19-5-6-22(28)23(29)13-19/h3-9,11-13H,10H2,1-2H3,(H,30,32,34)/b20-11+. The Bertz CT molecular complexity index is 1360. The molecule has 34 heavy (non-hydrogen) atoms. The molecular weight excluding hydrogens is 539 g/mol. The summed E-state index contributed by atoms with van der Waals surface area (Å²) in [6.07, 6.45) is 2.19. The van der Waals surface area contributed by atoms with E-state index in [-0.39, 0.29) is 21.3 Å². The van der Waals surface area contributed by atoms with Gasteiger partial charge in [-0.1, -0.05) is 80.6 Å². The van der Waals surface area contributed by atoms with Crippen LogP contribution in [0.15, 0.2) is 64.6 Å². The van der Waals surface area contributed by atoms with Crippen LogP contribution >= 0.6 is 39.1 Å². The number of rotatable bonds is 4. The number of nitrogens with one attached hydrogen (secondary N) is 1. The van der Waals surface area contributed by atoms with Crippen molar-refractivity contribution in [1.29, 1.82) is 0 Å². The fourth-order valence-corrected chi connectivity index (χ4v) is 4.70. The van der Waals surface area contributed by atoms with Gasteiger partial charge in [0.2, 0.25) is 0 Å². The minimum atomic E-state index is -0.851. The van der Waals surface area contributed by atoms with Crippen molar-refractivity contribution in [3.63, 3.8) is 0 Å². The Morgan fingerprint density at radius 3 is 2.26 bits per heavy atom. The smallest absolute Gasteiger partial charge is 0.273 e. The largest absolute Gasteiger partial charge is 0.335 e. The van der Waals surface area contributed by atoms with Crippen LogP contribution in [0.3, 0.4) is 0 Å². The molecule has 0 bridgehead atoms. The zero-order chi connectivity index (χ0) is 24.6. The molecule has 0 unspecified atom stereocenters. The minimum Gasteiger partial charge on any atom is -0.273 e. The Morgan fingerprint density at radius 2 is 1.62 bits per heavy atom. The molecule has 0 aromatic heterocycles. The van der Waals surface area contributed by atoms with E-state index >= 15 is 0 Å². The van der Waals surface area contributed by atoms with Crippen molar-refractivity contribution in [2.24, 2.45) is 0 Å². The van der Waals surface area contributed by atoms with Crippen LogP contribution in [0.5, 0.6) is 0 Å². The zero-order valence-corrected chi connectivity index (χ0v) is 21.4. The average molecular weight is 558 g/mol. The summed E-state index contributed by atoms with van der Waals surface area (Å²) in [5.41, 5.74) is 5.35. The van der Waals surface area contributed by atoms with E-state index in [1.54, 1.807) is 0 Å². The van der Waals surface area contributed by atoms with Crippen LogP contribution in [0.25, 0.3) is 6.08 Å². The number of benzene rings is 3. The summed E-state index contributed by atoms with van der Waals surface area (Å²) < 4.78 is 0.849. The molecule has 0 spiro atoms. The first kappa shape index (κ1) is 24.2. The number of carbonyl (C=O) groups is 3. The molecule has 0 aliphatic carbocycles. The summed E-state index contributed by atoms with van der Waals surface area (Å²) in [6, 6.07) is 15.5. The molecule has 3 aromatic rings. The number of barbiturate groups is 1. The van der Waals surface area contributed by atoms with Gasteiger partial charge in [0.15, 0.2) is 0 Å². The van der Waals surface area contributed by atoms with E-state index in [1.807, 2.05) is 18.2 Å². The van der Waals surface area contributed by atoms with Crippen molar-refractivity contribution in [2.45, 2.75) is 20.3 Å². The molecule has 0 atom stereocenters. The van der Waals surface area contributed by atoms with Crippen LogP contribution in [-0.4, -0.2) is 17.8 Å². The van der Waals surface area contributed by atoms with E-state index < -0.39 is 17.8 Å². The van der Waals surface area contributed by atoms with E-state index in [1.165, 1.54) is 41.0 Å². The third-order valence-electron chi connectivity index (χ3n) is 5.33. The fraction of sp³-hybridized carbons (Fsp3) is 0.115. The van der Waals surface area contributed by atoms with Crippen molar-refractivity contribution in [2.75, 3.05) is 4.90 Å². The van der Waals surface area contributed by atoms with Gasteiger partial charge in [-0.2, -0.15) is 0 Å². The van der Waals surface area contributed by atoms with Gasteiger partial charge in [-0.25, -0.2) is 9.69 Å². The molecule has 4 rings (SSSR count). The highest BCUT2D eigenvalue weighted by Gasteiger charge is 2.37.